The number of benzene rings is 1. The van der Waals surface area contributed by atoms with Crippen molar-refractivity contribution in [2.45, 2.75) is 25.7 Å². The topological polar surface area (TPSA) is 39.9 Å². The molecule has 3 nitrogen and oxygen atoms in total. The van der Waals surface area contributed by atoms with E-state index in [4.69, 9.17) is 5.26 Å². The monoisotopic (exact) mass is 277 g/mol. The Morgan fingerprint density at radius 1 is 1.10 bits per heavy atom. The van der Waals surface area contributed by atoms with Gasteiger partial charge in [0, 0.05) is 13.1 Å². The molecule has 0 radical (unpaired) electrons. The molecular weight excluding hydrogens is 258 g/mol. The second-order valence-corrected chi connectivity index (χ2v) is 5.59. The van der Waals surface area contributed by atoms with Gasteiger partial charge in [-0.2, -0.15) is 5.26 Å². The Labute approximate surface area is 125 Å². The summed E-state index contributed by atoms with van der Waals surface area (Å²) in [6.45, 7) is 3.95. The molecule has 0 bridgehead atoms. The van der Waals surface area contributed by atoms with E-state index in [0.29, 0.717) is 11.5 Å². The third-order valence-electron chi connectivity index (χ3n) is 4.28. The molecule has 0 spiro atoms. The average Bonchev–Trinajstić information content (AvgIpc) is 2.56. The quantitative estimate of drug-likeness (QED) is 0.841. The van der Waals surface area contributed by atoms with Crippen LogP contribution in [0.1, 0.15) is 35.6 Å². The zero-order valence-corrected chi connectivity index (χ0v) is 12.3. The number of nitriles is 1. The molecule has 0 amide bonds. The van der Waals surface area contributed by atoms with Crippen LogP contribution in [-0.4, -0.2) is 18.1 Å². The lowest BCUT2D eigenvalue weighted by Gasteiger charge is -2.33. The lowest BCUT2D eigenvalue weighted by Crippen LogP contribution is -2.33. The van der Waals surface area contributed by atoms with Crippen molar-refractivity contribution in [3.05, 3.63) is 59.3 Å². The summed E-state index contributed by atoms with van der Waals surface area (Å²) in [7, 11) is 0. The Kier molecular flexibility index (Phi) is 3.87. The van der Waals surface area contributed by atoms with Crippen molar-refractivity contribution in [3.8, 4) is 6.07 Å². The van der Waals surface area contributed by atoms with E-state index in [1.165, 1.54) is 5.56 Å². The van der Waals surface area contributed by atoms with Gasteiger partial charge in [0.2, 0.25) is 0 Å². The second kappa shape index (κ2) is 5.97. The maximum atomic E-state index is 8.98. The zero-order valence-electron chi connectivity index (χ0n) is 12.3. The SMILES string of the molecule is Cc1nc(N2CCC(c3ccccc3)CC2)ccc1C#N. The molecule has 3 rings (SSSR count). The van der Waals surface area contributed by atoms with Crippen LogP contribution in [-0.2, 0) is 0 Å². The molecule has 0 saturated carbocycles. The number of hydrogen-bond acceptors (Lipinski definition) is 3. The van der Waals surface area contributed by atoms with Crippen LogP contribution >= 0.6 is 0 Å². The lowest BCUT2D eigenvalue weighted by atomic mass is 9.89. The van der Waals surface area contributed by atoms with Crippen LogP contribution in [0.2, 0.25) is 0 Å². The fourth-order valence-corrected chi connectivity index (χ4v) is 3.01. The van der Waals surface area contributed by atoms with Gasteiger partial charge in [-0.3, -0.25) is 0 Å². The molecule has 0 N–H and O–H groups in total. The summed E-state index contributed by atoms with van der Waals surface area (Å²) < 4.78 is 0. The third kappa shape index (κ3) is 2.90. The number of aromatic nitrogens is 1. The van der Waals surface area contributed by atoms with Crippen molar-refractivity contribution in [2.24, 2.45) is 0 Å². The lowest BCUT2D eigenvalue weighted by molar-refractivity contribution is 0.502. The number of aryl methyl sites for hydroxylation is 1. The first-order chi connectivity index (χ1) is 10.3. The van der Waals surface area contributed by atoms with Crippen molar-refractivity contribution in [3.63, 3.8) is 0 Å². The Morgan fingerprint density at radius 3 is 2.43 bits per heavy atom. The summed E-state index contributed by atoms with van der Waals surface area (Å²) in [6.07, 6.45) is 2.31. The van der Waals surface area contributed by atoms with Crippen molar-refractivity contribution in [1.29, 1.82) is 5.26 Å². The number of anilines is 1. The highest BCUT2D eigenvalue weighted by atomic mass is 15.2. The van der Waals surface area contributed by atoms with Gasteiger partial charge >= 0.3 is 0 Å². The van der Waals surface area contributed by atoms with Gasteiger partial charge in [-0.25, -0.2) is 4.98 Å². The van der Waals surface area contributed by atoms with Crippen LogP contribution in [0.25, 0.3) is 0 Å². The molecule has 1 aromatic carbocycles. The Balaban J connectivity index is 1.69. The summed E-state index contributed by atoms with van der Waals surface area (Å²) in [5, 5.41) is 8.98. The minimum atomic E-state index is 0.655. The van der Waals surface area contributed by atoms with Crippen molar-refractivity contribution < 1.29 is 0 Å². The largest absolute Gasteiger partial charge is 0.357 e. The molecule has 3 heteroatoms. The van der Waals surface area contributed by atoms with Crippen molar-refractivity contribution in [1.82, 2.24) is 4.98 Å². The number of hydrogen-bond donors (Lipinski definition) is 0. The van der Waals surface area contributed by atoms with E-state index in [-0.39, 0.29) is 0 Å². The standard InChI is InChI=1S/C18H19N3/c1-14-17(13-19)7-8-18(20-14)21-11-9-16(10-12-21)15-5-3-2-4-6-15/h2-8,16H,9-12H2,1H3. The first-order valence-corrected chi connectivity index (χ1v) is 7.45. The molecule has 21 heavy (non-hydrogen) atoms. The van der Waals surface area contributed by atoms with E-state index < -0.39 is 0 Å². The Morgan fingerprint density at radius 2 is 1.81 bits per heavy atom. The van der Waals surface area contributed by atoms with Crippen LogP contribution in [0, 0.1) is 18.3 Å². The van der Waals surface area contributed by atoms with Crippen molar-refractivity contribution in [2.75, 3.05) is 18.0 Å². The second-order valence-electron chi connectivity index (χ2n) is 5.59. The van der Waals surface area contributed by atoms with Crippen molar-refractivity contribution >= 4 is 5.82 Å². The van der Waals surface area contributed by atoms with Gasteiger partial charge in [-0.1, -0.05) is 30.3 Å². The number of piperidine rings is 1. The number of nitrogens with zero attached hydrogens (tertiary/aromatic N) is 3. The first-order valence-electron chi connectivity index (χ1n) is 7.45. The van der Waals surface area contributed by atoms with Crippen LogP contribution in [0.15, 0.2) is 42.5 Å². The third-order valence-corrected chi connectivity index (χ3v) is 4.28. The van der Waals surface area contributed by atoms with Crippen LogP contribution in [0.4, 0.5) is 5.82 Å². The summed E-state index contributed by atoms with van der Waals surface area (Å²) in [4.78, 5) is 6.90. The summed E-state index contributed by atoms with van der Waals surface area (Å²) >= 11 is 0. The molecule has 2 heterocycles. The van der Waals surface area contributed by atoms with Crippen LogP contribution < -0.4 is 4.90 Å². The normalized spacial score (nSPS) is 15.7. The summed E-state index contributed by atoms with van der Waals surface area (Å²) in [5.74, 6) is 1.65. The fraction of sp³-hybridized carbons (Fsp3) is 0.333. The molecule has 0 aliphatic carbocycles. The average molecular weight is 277 g/mol. The van der Waals surface area contributed by atoms with Crippen LogP contribution in [0.5, 0.6) is 0 Å². The number of rotatable bonds is 2. The number of pyridine rings is 1. The smallest absolute Gasteiger partial charge is 0.128 e. The van der Waals surface area contributed by atoms with Gasteiger partial charge in [-0.15, -0.1) is 0 Å². The Bertz CT molecular complexity index is 650. The van der Waals surface area contributed by atoms with Gasteiger partial charge in [0.25, 0.3) is 0 Å². The van der Waals surface area contributed by atoms with Gasteiger partial charge < -0.3 is 4.90 Å². The maximum Gasteiger partial charge on any atom is 0.128 e. The zero-order chi connectivity index (χ0) is 14.7. The van der Waals surface area contributed by atoms with Gasteiger partial charge in [0.05, 0.1) is 11.3 Å². The highest BCUT2D eigenvalue weighted by Crippen LogP contribution is 2.29. The van der Waals surface area contributed by atoms with E-state index in [9.17, 15) is 0 Å². The van der Waals surface area contributed by atoms with E-state index >= 15 is 0 Å². The minimum absolute atomic E-state index is 0.655. The summed E-state index contributed by atoms with van der Waals surface area (Å²) in [5.41, 5.74) is 2.93. The highest BCUT2D eigenvalue weighted by Gasteiger charge is 2.21. The van der Waals surface area contributed by atoms with Gasteiger partial charge in [0.15, 0.2) is 0 Å². The minimum Gasteiger partial charge on any atom is -0.357 e. The van der Waals surface area contributed by atoms with Gasteiger partial charge in [-0.05, 0) is 43.4 Å². The molecule has 0 unspecified atom stereocenters. The molecule has 2 aromatic rings. The molecule has 0 atom stereocenters. The summed E-state index contributed by atoms with van der Waals surface area (Å²) in [6, 6.07) is 16.8. The predicted molar refractivity (Wildman–Crippen MR) is 84.3 cm³/mol. The Hall–Kier alpha value is -2.34. The predicted octanol–water partition coefficient (Wildman–Crippen LogP) is 3.65. The first kappa shape index (κ1) is 13.6. The molecule has 1 aliphatic heterocycles. The molecular formula is C18H19N3. The van der Waals surface area contributed by atoms with E-state index in [2.05, 4.69) is 46.3 Å². The highest BCUT2D eigenvalue weighted by molar-refractivity contribution is 5.45. The molecule has 1 saturated heterocycles. The van der Waals surface area contributed by atoms with Crippen LogP contribution in [0.3, 0.4) is 0 Å². The fourth-order valence-electron chi connectivity index (χ4n) is 3.01. The maximum absolute atomic E-state index is 8.98. The van der Waals surface area contributed by atoms with E-state index in [0.717, 1.165) is 37.4 Å². The molecule has 106 valence electrons. The molecule has 1 aromatic heterocycles. The van der Waals surface area contributed by atoms with E-state index in [1.54, 1.807) is 0 Å². The molecule has 1 aliphatic rings. The van der Waals surface area contributed by atoms with Gasteiger partial charge in [0.1, 0.15) is 11.9 Å². The van der Waals surface area contributed by atoms with E-state index in [1.807, 2.05) is 19.1 Å². The molecule has 1 fully saturated rings.